The molecule has 4 aliphatic carbocycles. The summed E-state index contributed by atoms with van der Waals surface area (Å²) >= 11 is 0. The molecule has 0 amide bonds. The number of nitrogens with zero attached hydrogens (tertiary/aromatic N) is 4. The molecule has 3 saturated carbocycles. The first-order chi connectivity index (χ1) is 44.2. The third kappa shape index (κ3) is 10.3. The Morgan fingerprint density at radius 3 is 1.34 bits per heavy atom. The Hall–Kier alpha value is -9.06. The van der Waals surface area contributed by atoms with Crippen LogP contribution in [0.1, 0.15) is 102 Å². The van der Waals surface area contributed by atoms with Gasteiger partial charge in [0.15, 0.2) is 0 Å². The van der Waals surface area contributed by atoms with Crippen LogP contribution in [-0.4, -0.2) is 12.8 Å². The van der Waals surface area contributed by atoms with Crippen molar-refractivity contribution in [2.75, 3.05) is 19.6 Å². The second-order valence-electron chi connectivity index (χ2n) is 26.2. The highest BCUT2D eigenvalue weighted by Gasteiger charge is 2.51. The second-order valence-corrected chi connectivity index (χ2v) is 26.2. The molecule has 2 atom stereocenters. The van der Waals surface area contributed by atoms with Gasteiger partial charge in [-0.15, -0.1) is 0 Å². The minimum absolute atomic E-state index is 0.0831. The molecular formula is C84H79BN4. The molecule has 10 aromatic rings. The third-order valence-electron chi connectivity index (χ3n) is 21.2. The Balaban J connectivity index is 1.04. The fourth-order valence-electron chi connectivity index (χ4n) is 17.3. The standard InChI is InChI=1S/C84H79BN4/c1-10-30-60(31-11-1)65-56-80-82-81(57-65)89(84-74(63-36-16-4-17-37-63)50-29-51-75(84)64-38-18-5-19-39-64)79-59-71(87(68-44-24-8-25-45-68)69-46-26-9-27-47-69)53-55-77(79)85(82)76-54-52-70(86(66-40-20-6-21-41-66)67-42-22-7-23-43-67)58-78(76)88(80)83-72(61-32-12-2-13-33-61)48-28-49-73(83)62-34-14-3-15-35-62/h1-2,6-14,20-28,30-35,40-49,52-59,63-64,74-75,84H,3-5,15-19,29,36-39,50-51H2. The average molecular weight is 1160 g/mol. The van der Waals surface area contributed by atoms with Crippen LogP contribution in [0.2, 0.25) is 0 Å². The van der Waals surface area contributed by atoms with Gasteiger partial charge in [0, 0.05) is 74.0 Å². The van der Waals surface area contributed by atoms with Gasteiger partial charge in [-0.1, -0.05) is 253 Å². The number of fused-ring (bicyclic) bond motifs is 4. The third-order valence-corrected chi connectivity index (χ3v) is 21.2. The summed E-state index contributed by atoms with van der Waals surface area (Å²) in [5, 5.41) is 0. The number of rotatable bonds is 13. The van der Waals surface area contributed by atoms with Crippen molar-refractivity contribution >= 4 is 91.2 Å². The number of anilines is 11. The lowest BCUT2D eigenvalue weighted by Crippen LogP contribution is -2.64. The van der Waals surface area contributed by atoms with Crippen molar-refractivity contribution in [1.82, 2.24) is 0 Å². The summed E-state index contributed by atoms with van der Waals surface area (Å²) in [4.78, 5) is 10.8. The van der Waals surface area contributed by atoms with Crippen LogP contribution < -0.4 is 36.0 Å². The normalized spacial score (nSPS) is 19.0. The summed E-state index contributed by atoms with van der Waals surface area (Å²) < 4.78 is 0. The molecule has 16 rings (SSSR count). The van der Waals surface area contributed by atoms with Gasteiger partial charge in [0.1, 0.15) is 0 Å². The molecule has 10 aromatic carbocycles. The Morgan fingerprint density at radius 2 is 0.820 bits per heavy atom. The van der Waals surface area contributed by atoms with Gasteiger partial charge < -0.3 is 19.6 Å². The summed E-state index contributed by atoms with van der Waals surface area (Å²) in [5.74, 6) is 2.55. The molecule has 2 aliphatic heterocycles. The molecule has 2 heterocycles. The Kier molecular flexibility index (Phi) is 15.2. The number of para-hydroxylation sites is 5. The minimum atomic E-state index is -0.0831. The van der Waals surface area contributed by atoms with Crippen LogP contribution in [-0.2, 0) is 0 Å². The molecule has 4 nitrogen and oxygen atoms in total. The van der Waals surface area contributed by atoms with Gasteiger partial charge >= 0.3 is 0 Å². The SMILES string of the molecule is C1=CC(c2cccc(-c3ccccc3)c2N2c3cc(N(c4ccccc4)c4ccccc4)ccc3B3c4ccc(N(c5ccccc5)c5ccccc5)cc4N(C4C(C5CCCCC5)CCCC4C4CCCCC4)c4cc(-c5ccccc5)cc2c43)=CCC1. The van der Waals surface area contributed by atoms with Crippen molar-refractivity contribution in [2.24, 2.45) is 23.7 Å². The van der Waals surface area contributed by atoms with Gasteiger partial charge in [0.25, 0.3) is 6.71 Å². The van der Waals surface area contributed by atoms with Crippen molar-refractivity contribution in [3.05, 3.63) is 273 Å². The van der Waals surface area contributed by atoms with Gasteiger partial charge in [0.2, 0.25) is 0 Å². The molecular weight excluding hydrogens is 1080 g/mol. The highest BCUT2D eigenvalue weighted by molar-refractivity contribution is 7.00. The van der Waals surface area contributed by atoms with Gasteiger partial charge in [-0.3, -0.25) is 0 Å². The van der Waals surface area contributed by atoms with E-state index in [2.05, 4.69) is 287 Å². The van der Waals surface area contributed by atoms with Crippen molar-refractivity contribution in [2.45, 2.75) is 102 Å². The lowest BCUT2D eigenvalue weighted by Gasteiger charge is -2.55. The molecule has 0 spiro atoms. The molecule has 0 aromatic heterocycles. The first kappa shape index (κ1) is 55.3. The van der Waals surface area contributed by atoms with Crippen molar-refractivity contribution < 1.29 is 0 Å². The van der Waals surface area contributed by atoms with Gasteiger partial charge in [-0.25, -0.2) is 0 Å². The van der Waals surface area contributed by atoms with Gasteiger partial charge in [0.05, 0.1) is 5.69 Å². The van der Waals surface area contributed by atoms with E-state index in [0.717, 1.165) is 41.3 Å². The fraction of sp³-hybridized carbons (Fsp3) is 0.238. The van der Waals surface area contributed by atoms with Gasteiger partial charge in [-0.05, 0) is 173 Å². The summed E-state index contributed by atoms with van der Waals surface area (Å²) in [6, 6.07) is 94.8. The monoisotopic (exact) mass is 1150 g/mol. The van der Waals surface area contributed by atoms with E-state index in [-0.39, 0.29) is 6.71 Å². The maximum absolute atomic E-state index is 3.09. The molecule has 0 saturated heterocycles. The van der Waals surface area contributed by atoms with E-state index in [1.807, 2.05) is 0 Å². The van der Waals surface area contributed by atoms with Crippen LogP contribution >= 0.6 is 0 Å². The molecule has 0 bridgehead atoms. The summed E-state index contributed by atoms with van der Waals surface area (Å²) in [5.41, 5.74) is 25.0. The summed E-state index contributed by atoms with van der Waals surface area (Å²) in [7, 11) is 0. The summed E-state index contributed by atoms with van der Waals surface area (Å²) in [6.07, 6.45) is 26.7. The lowest BCUT2D eigenvalue weighted by molar-refractivity contribution is 0.0839. The predicted octanol–water partition coefficient (Wildman–Crippen LogP) is 21.4. The van der Waals surface area contributed by atoms with Crippen molar-refractivity contribution in [1.29, 1.82) is 0 Å². The molecule has 3 fully saturated rings. The highest BCUT2D eigenvalue weighted by atomic mass is 15.2. The topological polar surface area (TPSA) is 13.0 Å². The largest absolute Gasteiger partial charge is 0.339 e. The molecule has 89 heavy (non-hydrogen) atoms. The first-order valence-corrected chi connectivity index (χ1v) is 33.7. The zero-order valence-electron chi connectivity index (χ0n) is 51.3. The molecule has 438 valence electrons. The number of allylic oxidation sites excluding steroid dienone is 4. The molecule has 0 N–H and O–H groups in total. The Labute approximate surface area is 528 Å². The van der Waals surface area contributed by atoms with Crippen LogP contribution in [0.25, 0.3) is 27.8 Å². The molecule has 6 aliphatic rings. The van der Waals surface area contributed by atoms with Gasteiger partial charge in [-0.2, -0.15) is 0 Å². The van der Waals surface area contributed by atoms with E-state index < -0.39 is 0 Å². The van der Waals surface area contributed by atoms with E-state index in [1.165, 1.54) is 167 Å². The zero-order chi connectivity index (χ0) is 59.0. The van der Waals surface area contributed by atoms with Crippen molar-refractivity contribution in [3.8, 4) is 22.3 Å². The van der Waals surface area contributed by atoms with E-state index in [1.54, 1.807) is 0 Å². The van der Waals surface area contributed by atoms with Crippen molar-refractivity contribution in [3.63, 3.8) is 0 Å². The molecule has 0 radical (unpaired) electrons. The van der Waals surface area contributed by atoms with E-state index in [0.29, 0.717) is 29.7 Å². The van der Waals surface area contributed by atoms with Crippen LogP contribution in [0, 0.1) is 23.7 Å². The van der Waals surface area contributed by atoms with Crippen LogP contribution in [0.5, 0.6) is 0 Å². The number of benzene rings is 10. The fourth-order valence-corrected chi connectivity index (χ4v) is 17.3. The molecule has 2 unspecified atom stereocenters. The van der Waals surface area contributed by atoms with Crippen LogP contribution in [0.3, 0.4) is 0 Å². The summed E-state index contributed by atoms with van der Waals surface area (Å²) in [6.45, 7) is -0.0831. The zero-order valence-corrected chi connectivity index (χ0v) is 51.3. The predicted molar refractivity (Wildman–Crippen MR) is 379 cm³/mol. The molecule has 5 heteroatoms. The average Bonchev–Trinajstić information content (AvgIpc) is 0.705. The Morgan fingerprint density at radius 1 is 0.348 bits per heavy atom. The second kappa shape index (κ2) is 24.5. The Bertz CT molecular complexity index is 4070. The minimum Gasteiger partial charge on any atom is -0.339 e. The lowest BCUT2D eigenvalue weighted by atomic mass is 9.33. The van der Waals surface area contributed by atoms with Crippen LogP contribution in [0.15, 0.2) is 267 Å². The van der Waals surface area contributed by atoms with E-state index in [9.17, 15) is 0 Å². The first-order valence-electron chi connectivity index (χ1n) is 33.7. The maximum atomic E-state index is 3.09. The number of hydrogen-bond donors (Lipinski definition) is 0. The highest BCUT2D eigenvalue weighted by Crippen LogP contribution is 2.55. The van der Waals surface area contributed by atoms with Crippen LogP contribution in [0.4, 0.5) is 62.6 Å². The maximum Gasteiger partial charge on any atom is 0.252 e. The van der Waals surface area contributed by atoms with E-state index >= 15 is 0 Å². The quantitative estimate of drug-likeness (QED) is 0.107. The number of hydrogen-bond acceptors (Lipinski definition) is 4. The van der Waals surface area contributed by atoms with E-state index in [4.69, 9.17) is 0 Å². The smallest absolute Gasteiger partial charge is 0.252 e.